The molecule has 10 nitrogen and oxygen atoms in total. The van der Waals surface area contributed by atoms with Crippen molar-refractivity contribution in [3.8, 4) is 0 Å². The minimum Gasteiger partial charge on any atom is -0.465 e. The maximum Gasteiger partial charge on any atom is 0.331 e. The van der Waals surface area contributed by atoms with Crippen LogP contribution in [0.3, 0.4) is 0 Å². The van der Waals surface area contributed by atoms with Crippen molar-refractivity contribution < 1.29 is 47.6 Å². The average molecular weight is 464 g/mol. The first-order valence-corrected chi connectivity index (χ1v) is 12.1. The van der Waals surface area contributed by atoms with Crippen LogP contribution in [0.4, 0.5) is 0 Å². The van der Waals surface area contributed by atoms with Crippen LogP contribution in [0.25, 0.3) is 0 Å². The van der Waals surface area contributed by atoms with E-state index >= 15 is 0 Å². The molecule has 0 saturated heterocycles. The van der Waals surface area contributed by atoms with Crippen LogP contribution in [-0.4, -0.2) is 79.7 Å². The Kier molecular flexibility index (Phi) is 9.66. The lowest BCUT2D eigenvalue weighted by molar-refractivity contribution is -0.156. The lowest BCUT2D eigenvalue weighted by atomic mass is 10.1. The lowest BCUT2D eigenvalue weighted by Gasteiger charge is -2.26. The Labute approximate surface area is 182 Å². The summed E-state index contributed by atoms with van der Waals surface area (Å²) in [5, 5.41) is 20.9. The second kappa shape index (κ2) is 11.5. The Bertz CT molecular complexity index is 675. The van der Waals surface area contributed by atoms with E-state index in [0.29, 0.717) is 25.7 Å². The molecular weight excluding hydrogens is 431 g/mol. The molecule has 2 aliphatic rings. The van der Waals surface area contributed by atoms with Gasteiger partial charge in [0.25, 0.3) is 0 Å². The van der Waals surface area contributed by atoms with Crippen LogP contribution >= 0.6 is 7.60 Å². The van der Waals surface area contributed by atoms with Crippen molar-refractivity contribution in [2.24, 2.45) is 11.8 Å². The van der Waals surface area contributed by atoms with Crippen molar-refractivity contribution in [2.75, 3.05) is 27.0 Å². The van der Waals surface area contributed by atoms with Gasteiger partial charge in [-0.3, -0.25) is 9.36 Å². The molecule has 2 fully saturated rings. The Morgan fingerprint density at radius 2 is 1.65 bits per heavy atom. The zero-order chi connectivity index (χ0) is 23.2. The second-order valence-corrected chi connectivity index (χ2v) is 10.3. The number of hydrogen-bond donors (Lipinski definition) is 2. The molecule has 0 spiro atoms. The number of rotatable bonds is 11. The highest BCUT2D eigenvalue weighted by atomic mass is 31.2. The first-order chi connectivity index (χ1) is 14.6. The molecule has 2 rings (SSSR count). The van der Waals surface area contributed by atoms with Gasteiger partial charge < -0.3 is 33.5 Å². The number of aliphatic hydroxyl groups is 2. The summed E-state index contributed by atoms with van der Waals surface area (Å²) in [6, 6.07) is 0. The minimum absolute atomic E-state index is 0.00125. The molecule has 2 saturated carbocycles. The van der Waals surface area contributed by atoms with Crippen molar-refractivity contribution in [1.29, 1.82) is 0 Å². The molecule has 0 amide bonds. The summed E-state index contributed by atoms with van der Waals surface area (Å²) in [4.78, 5) is 23.6. The molecule has 2 aliphatic carbocycles. The zero-order valence-corrected chi connectivity index (χ0v) is 19.1. The van der Waals surface area contributed by atoms with Gasteiger partial charge in [-0.25, -0.2) is 4.79 Å². The molecule has 7 atom stereocenters. The molecular formula is C20H33O10P. The van der Waals surface area contributed by atoms with Gasteiger partial charge >= 0.3 is 19.5 Å². The fourth-order valence-corrected chi connectivity index (χ4v) is 5.19. The zero-order valence-electron chi connectivity index (χ0n) is 18.2. The average Bonchev–Trinajstić information content (AvgIpc) is 3.28. The number of esters is 2. The Balaban J connectivity index is 1.79. The lowest BCUT2D eigenvalue weighted by Crippen LogP contribution is -2.39. The van der Waals surface area contributed by atoms with Crippen LogP contribution in [-0.2, 0) is 37.4 Å². The van der Waals surface area contributed by atoms with Gasteiger partial charge in [0.15, 0.2) is 0 Å². The minimum atomic E-state index is -3.33. The van der Waals surface area contributed by atoms with E-state index in [2.05, 4.69) is 6.58 Å². The highest BCUT2D eigenvalue weighted by Crippen LogP contribution is 2.48. The van der Waals surface area contributed by atoms with Gasteiger partial charge in [-0.1, -0.05) is 13.5 Å². The van der Waals surface area contributed by atoms with Crippen LogP contribution in [0.1, 0.15) is 32.6 Å². The van der Waals surface area contributed by atoms with Gasteiger partial charge in [0.05, 0.1) is 37.0 Å². The molecule has 178 valence electrons. The van der Waals surface area contributed by atoms with Crippen LogP contribution in [0.5, 0.6) is 0 Å². The van der Waals surface area contributed by atoms with E-state index in [1.54, 1.807) is 6.92 Å². The molecule has 0 aromatic carbocycles. The van der Waals surface area contributed by atoms with Gasteiger partial charge in [0.1, 0.15) is 12.2 Å². The van der Waals surface area contributed by atoms with E-state index in [4.69, 9.17) is 23.3 Å². The summed E-state index contributed by atoms with van der Waals surface area (Å²) in [5.41, 5.74) is 0. The smallest absolute Gasteiger partial charge is 0.331 e. The third-order valence-electron chi connectivity index (χ3n) is 5.86. The van der Waals surface area contributed by atoms with E-state index in [0.717, 1.165) is 6.08 Å². The first-order valence-electron chi connectivity index (χ1n) is 10.4. The standard InChI is InChI=1S/C20H33O10P/c1-5-17(21)30-16-9-8-15(19(16)23)29-14-7-6-13(18(14)22)10-28-20(24)12(2)11-31(25,26-3)27-4/h5,12-16,18-19,22-23H,1,6-11H2,2-4H3. The van der Waals surface area contributed by atoms with E-state index < -0.39 is 56.0 Å². The molecule has 0 radical (unpaired) electrons. The number of ether oxygens (including phenoxy) is 3. The van der Waals surface area contributed by atoms with Crippen LogP contribution in [0.15, 0.2) is 12.7 Å². The van der Waals surface area contributed by atoms with E-state index in [9.17, 15) is 24.4 Å². The highest BCUT2D eigenvalue weighted by molar-refractivity contribution is 7.53. The molecule has 7 unspecified atom stereocenters. The van der Waals surface area contributed by atoms with Crippen LogP contribution < -0.4 is 0 Å². The monoisotopic (exact) mass is 464 g/mol. The maximum atomic E-state index is 12.2. The van der Waals surface area contributed by atoms with E-state index in [-0.39, 0.29) is 18.7 Å². The number of hydrogen-bond acceptors (Lipinski definition) is 10. The topological polar surface area (TPSA) is 138 Å². The van der Waals surface area contributed by atoms with Gasteiger partial charge in [0.2, 0.25) is 0 Å². The SMILES string of the molecule is C=CC(=O)OC1CCC(OC2CCC(COC(=O)C(C)CP(=O)(OC)OC)C2O)C1O. The van der Waals surface area contributed by atoms with Gasteiger partial charge in [0, 0.05) is 26.2 Å². The first kappa shape index (κ1) is 26.0. The summed E-state index contributed by atoms with van der Waals surface area (Å²) >= 11 is 0. The third-order valence-corrected chi connectivity index (χ3v) is 7.97. The Morgan fingerprint density at radius 3 is 2.26 bits per heavy atom. The van der Waals surface area contributed by atoms with Crippen LogP contribution in [0.2, 0.25) is 0 Å². The molecule has 0 heterocycles. The van der Waals surface area contributed by atoms with Crippen molar-refractivity contribution in [3.05, 3.63) is 12.7 Å². The van der Waals surface area contributed by atoms with E-state index in [1.165, 1.54) is 14.2 Å². The highest BCUT2D eigenvalue weighted by Gasteiger charge is 2.43. The summed E-state index contributed by atoms with van der Waals surface area (Å²) in [6.07, 6.45) is -0.565. The number of carbonyl (C=O) groups is 2. The summed E-state index contributed by atoms with van der Waals surface area (Å²) in [5.74, 6) is -2.16. The second-order valence-electron chi connectivity index (χ2n) is 7.98. The Hall–Kier alpha value is -1.29. The number of aliphatic hydroxyl groups excluding tert-OH is 2. The molecule has 31 heavy (non-hydrogen) atoms. The van der Waals surface area contributed by atoms with Crippen LogP contribution in [0, 0.1) is 11.8 Å². The fourth-order valence-electron chi connectivity index (χ4n) is 3.93. The van der Waals surface area contributed by atoms with Gasteiger partial charge in [-0.15, -0.1) is 0 Å². The molecule has 0 bridgehead atoms. The molecule has 0 aliphatic heterocycles. The predicted octanol–water partition coefficient (Wildman–Crippen LogP) is 1.43. The fraction of sp³-hybridized carbons (Fsp3) is 0.800. The maximum absolute atomic E-state index is 12.2. The molecule has 2 N–H and O–H groups in total. The summed E-state index contributed by atoms with van der Waals surface area (Å²) in [6.45, 7) is 4.90. The van der Waals surface area contributed by atoms with E-state index in [1.807, 2.05) is 0 Å². The molecule has 11 heteroatoms. The van der Waals surface area contributed by atoms with Gasteiger partial charge in [-0.2, -0.15) is 0 Å². The normalized spacial score (nSPS) is 31.9. The largest absolute Gasteiger partial charge is 0.465 e. The molecule has 0 aromatic rings. The summed E-state index contributed by atoms with van der Waals surface area (Å²) < 4.78 is 38.1. The van der Waals surface area contributed by atoms with Crippen molar-refractivity contribution in [3.63, 3.8) is 0 Å². The number of carbonyl (C=O) groups excluding carboxylic acids is 2. The molecule has 0 aromatic heterocycles. The van der Waals surface area contributed by atoms with Crippen molar-refractivity contribution >= 4 is 19.5 Å². The van der Waals surface area contributed by atoms with Gasteiger partial charge in [-0.05, 0) is 25.7 Å². The Morgan fingerprint density at radius 1 is 1.06 bits per heavy atom. The predicted molar refractivity (Wildman–Crippen MR) is 109 cm³/mol. The quantitative estimate of drug-likeness (QED) is 0.262. The summed E-state index contributed by atoms with van der Waals surface area (Å²) in [7, 11) is -0.824. The third kappa shape index (κ3) is 6.84. The van der Waals surface area contributed by atoms with Crippen molar-refractivity contribution in [1.82, 2.24) is 0 Å². The van der Waals surface area contributed by atoms with Crippen molar-refractivity contribution in [2.45, 2.75) is 63.1 Å².